The lowest BCUT2D eigenvalue weighted by atomic mass is 10.1. The van der Waals surface area contributed by atoms with E-state index in [0.717, 1.165) is 0 Å². The molecule has 6 nitrogen and oxygen atoms in total. The summed E-state index contributed by atoms with van der Waals surface area (Å²) in [6.07, 6.45) is 1.34. The van der Waals surface area contributed by atoms with E-state index in [4.69, 9.17) is 14.0 Å². The molecule has 3 rings (SSSR count). The number of carbonyl (C=O) groups is 1. The van der Waals surface area contributed by atoms with E-state index in [1.54, 1.807) is 18.2 Å². The van der Waals surface area contributed by atoms with Crippen molar-refractivity contribution in [1.82, 2.24) is 10.1 Å². The fourth-order valence-corrected chi connectivity index (χ4v) is 1.52. The van der Waals surface area contributed by atoms with Crippen LogP contribution in [0.1, 0.15) is 10.5 Å². The van der Waals surface area contributed by atoms with Gasteiger partial charge in [-0.05, 0) is 18.2 Å². The monoisotopic (exact) mass is 230 g/mol. The lowest BCUT2D eigenvalue weighted by Gasteiger charge is -1.93. The first kappa shape index (κ1) is 9.59. The first-order chi connectivity index (χ1) is 8.24. The summed E-state index contributed by atoms with van der Waals surface area (Å²) < 4.78 is 10.0. The number of oxazole rings is 1. The molecule has 6 heteroatoms. The Morgan fingerprint density at radius 3 is 2.94 bits per heavy atom. The lowest BCUT2D eigenvalue weighted by molar-refractivity contribution is 0.0686. The minimum atomic E-state index is -1.12. The predicted octanol–water partition coefficient (Wildman–Crippen LogP) is 2.18. The summed E-state index contributed by atoms with van der Waals surface area (Å²) in [6.45, 7) is 0. The van der Waals surface area contributed by atoms with Crippen LogP contribution >= 0.6 is 0 Å². The van der Waals surface area contributed by atoms with Crippen LogP contribution in [-0.2, 0) is 0 Å². The molecule has 0 saturated carbocycles. The minimum absolute atomic E-state index is 0.125. The van der Waals surface area contributed by atoms with Crippen molar-refractivity contribution in [2.24, 2.45) is 0 Å². The van der Waals surface area contributed by atoms with Gasteiger partial charge in [0.2, 0.25) is 0 Å². The highest BCUT2D eigenvalue weighted by Gasteiger charge is 2.12. The molecule has 0 unspecified atom stereocenters. The standard InChI is InChI=1S/C11H6N2O4/c14-11(15)8-4-10(17-13-8)6-1-2-9-7(3-6)12-5-16-9/h1-5H,(H,14,15). The molecule has 0 amide bonds. The highest BCUT2D eigenvalue weighted by atomic mass is 16.5. The van der Waals surface area contributed by atoms with Crippen LogP contribution in [0.25, 0.3) is 22.4 Å². The van der Waals surface area contributed by atoms with Crippen molar-refractivity contribution in [1.29, 1.82) is 0 Å². The van der Waals surface area contributed by atoms with Crippen molar-refractivity contribution < 1.29 is 18.8 Å². The number of aromatic nitrogens is 2. The first-order valence-corrected chi connectivity index (χ1v) is 4.78. The maximum atomic E-state index is 10.7. The SMILES string of the molecule is O=C(O)c1cc(-c2ccc3ocnc3c2)on1. The summed E-state index contributed by atoms with van der Waals surface area (Å²) in [5, 5.41) is 12.2. The van der Waals surface area contributed by atoms with Crippen LogP contribution in [0.2, 0.25) is 0 Å². The Bertz CT molecular complexity index is 698. The Hall–Kier alpha value is -2.63. The minimum Gasteiger partial charge on any atom is -0.476 e. The van der Waals surface area contributed by atoms with Gasteiger partial charge in [-0.1, -0.05) is 5.16 Å². The second-order valence-electron chi connectivity index (χ2n) is 3.42. The van der Waals surface area contributed by atoms with Gasteiger partial charge in [-0.3, -0.25) is 0 Å². The molecule has 1 aromatic carbocycles. The lowest BCUT2D eigenvalue weighted by Crippen LogP contribution is -1.94. The molecule has 0 spiro atoms. The molecule has 0 fully saturated rings. The molecular formula is C11H6N2O4. The van der Waals surface area contributed by atoms with Crippen molar-refractivity contribution >= 4 is 17.1 Å². The molecule has 0 aliphatic rings. The normalized spacial score (nSPS) is 10.8. The van der Waals surface area contributed by atoms with Gasteiger partial charge >= 0.3 is 5.97 Å². The van der Waals surface area contributed by atoms with Gasteiger partial charge in [0.05, 0.1) is 0 Å². The van der Waals surface area contributed by atoms with Crippen molar-refractivity contribution in [2.45, 2.75) is 0 Å². The van der Waals surface area contributed by atoms with E-state index in [1.165, 1.54) is 12.5 Å². The zero-order valence-electron chi connectivity index (χ0n) is 8.45. The molecule has 0 saturated heterocycles. The van der Waals surface area contributed by atoms with Crippen LogP contribution in [0.3, 0.4) is 0 Å². The molecule has 1 N–H and O–H groups in total. The predicted molar refractivity (Wildman–Crippen MR) is 56.5 cm³/mol. The van der Waals surface area contributed by atoms with Crippen LogP contribution in [0.4, 0.5) is 0 Å². The zero-order chi connectivity index (χ0) is 11.8. The number of benzene rings is 1. The van der Waals surface area contributed by atoms with Crippen LogP contribution in [-0.4, -0.2) is 21.2 Å². The Balaban J connectivity index is 2.09. The fraction of sp³-hybridized carbons (Fsp3) is 0. The van der Waals surface area contributed by atoms with Gasteiger partial charge in [0, 0.05) is 11.6 Å². The van der Waals surface area contributed by atoms with E-state index in [9.17, 15) is 4.79 Å². The van der Waals surface area contributed by atoms with Gasteiger partial charge in [0.1, 0.15) is 5.52 Å². The third-order valence-electron chi connectivity index (χ3n) is 2.34. The van der Waals surface area contributed by atoms with Gasteiger partial charge in [-0.2, -0.15) is 0 Å². The molecule has 0 aliphatic heterocycles. The number of hydrogen-bond donors (Lipinski definition) is 1. The second-order valence-corrected chi connectivity index (χ2v) is 3.42. The third kappa shape index (κ3) is 1.55. The van der Waals surface area contributed by atoms with Crippen LogP contribution < -0.4 is 0 Å². The summed E-state index contributed by atoms with van der Waals surface area (Å²) in [4.78, 5) is 14.7. The van der Waals surface area contributed by atoms with Crippen LogP contribution in [0, 0.1) is 0 Å². The molecule has 0 atom stereocenters. The van der Waals surface area contributed by atoms with E-state index in [1.807, 2.05) is 0 Å². The Morgan fingerprint density at radius 1 is 1.29 bits per heavy atom. The molecule has 0 aliphatic carbocycles. The van der Waals surface area contributed by atoms with E-state index in [2.05, 4.69) is 10.1 Å². The average Bonchev–Trinajstić information content (AvgIpc) is 2.97. The Kier molecular flexibility index (Phi) is 1.94. The number of carboxylic acid groups (broad SMARTS) is 1. The molecule has 84 valence electrons. The summed E-state index contributed by atoms with van der Waals surface area (Å²) >= 11 is 0. The molecule has 17 heavy (non-hydrogen) atoms. The summed E-state index contributed by atoms with van der Waals surface area (Å²) in [6, 6.07) is 6.59. The maximum Gasteiger partial charge on any atom is 0.358 e. The van der Waals surface area contributed by atoms with Gasteiger partial charge in [-0.15, -0.1) is 0 Å². The van der Waals surface area contributed by atoms with E-state index in [0.29, 0.717) is 22.4 Å². The molecule has 2 heterocycles. The molecule has 3 aromatic rings. The smallest absolute Gasteiger partial charge is 0.358 e. The average molecular weight is 230 g/mol. The van der Waals surface area contributed by atoms with Gasteiger partial charge in [0.15, 0.2) is 23.4 Å². The van der Waals surface area contributed by atoms with Crippen LogP contribution in [0.5, 0.6) is 0 Å². The Labute approximate surface area is 94.5 Å². The highest BCUT2D eigenvalue weighted by molar-refractivity contribution is 5.87. The Morgan fingerprint density at radius 2 is 2.18 bits per heavy atom. The number of aromatic carboxylic acids is 1. The van der Waals surface area contributed by atoms with Crippen LogP contribution in [0.15, 0.2) is 39.6 Å². The summed E-state index contributed by atoms with van der Waals surface area (Å²) in [7, 11) is 0. The molecular weight excluding hydrogens is 224 g/mol. The van der Waals surface area contributed by atoms with E-state index < -0.39 is 5.97 Å². The highest BCUT2D eigenvalue weighted by Crippen LogP contribution is 2.24. The fourth-order valence-electron chi connectivity index (χ4n) is 1.52. The maximum absolute atomic E-state index is 10.7. The number of carboxylic acids is 1. The van der Waals surface area contributed by atoms with Crippen molar-refractivity contribution in [3.8, 4) is 11.3 Å². The van der Waals surface area contributed by atoms with Crippen molar-refractivity contribution in [2.75, 3.05) is 0 Å². The molecule has 0 bridgehead atoms. The van der Waals surface area contributed by atoms with Gasteiger partial charge in [0.25, 0.3) is 0 Å². The number of rotatable bonds is 2. The van der Waals surface area contributed by atoms with E-state index in [-0.39, 0.29) is 5.69 Å². The van der Waals surface area contributed by atoms with Gasteiger partial charge < -0.3 is 14.0 Å². The molecule has 2 aromatic heterocycles. The first-order valence-electron chi connectivity index (χ1n) is 4.78. The van der Waals surface area contributed by atoms with Crippen molar-refractivity contribution in [3.63, 3.8) is 0 Å². The second kappa shape index (κ2) is 3.44. The summed E-state index contributed by atoms with van der Waals surface area (Å²) in [5.41, 5.74) is 1.91. The number of hydrogen-bond acceptors (Lipinski definition) is 5. The summed E-state index contributed by atoms with van der Waals surface area (Å²) in [5.74, 6) is -0.741. The quantitative estimate of drug-likeness (QED) is 0.725. The number of nitrogens with zero attached hydrogens (tertiary/aromatic N) is 2. The van der Waals surface area contributed by atoms with Crippen molar-refractivity contribution in [3.05, 3.63) is 36.4 Å². The zero-order valence-corrected chi connectivity index (χ0v) is 8.45. The van der Waals surface area contributed by atoms with Gasteiger partial charge in [-0.25, -0.2) is 9.78 Å². The third-order valence-corrected chi connectivity index (χ3v) is 2.34. The topological polar surface area (TPSA) is 89.4 Å². The number of fused-ring (bicyclic) bond motifs is 1. The van der Waals surface area contributed by atoms with E-state index >= 15 is 0 Å². The largest absolute Gasteiger partial charge is 0.476 e. The molecule has 0 radical (unpaired) electrons.